The number of methoxy groups -OCH3 is 1. The molecule has 9 heteroatoms. The van der Waals surface area contributed by atoms with E-state index >= 15 is 0 Å². The van der Waals surface area contributed by atoms with E-state index in [-0.39, 0.29) is 12.4 Å². The molecule has 1 aliphatic carbocycles. The lowest BCUT2D eigenvalue weighted by Gasteiger charge is -2.40. The highest BCUT2D eigenvalue weighted by molar-refractivity contribution is 5.86. The molecule has 1 heterocycles. The van der Waals surface area contributed by atoms with E-state index in [1.165, 1.54) is 20.1 Å². The Balaban J connectivity index is 1.86. The molecule has 3 rings (SSSR count). The van der Waals surface area contributed by atoms with Crippen LogP contribution in [0.25, 0.3) is 6.08 Å². The first kappa shape index (κ1) is 24.9. The molecule has 1 aromatic rings. The molecule has 6 atom stereocenters. The smallest absolute Gasteiger partial charge is 0.373 e. The van der Waals surface area contributed by atoms with Crippen molar-refractivity contribution in [1.82, 2.24) is 5.32 Å². The number of ether oxygens (including phenoxy) is 3. The third-order valence-corrected chi connectivity index (χ3v) is 6.35. The van der Waals surface area contributed by atoms with Crippen LogP contribution in [-0.2, 0) is 23.8 Å². The van der Waals surface area contributed by atoms with Crippen molar-refractivity contribution in [3.8, 4) is 0 Å². The maximum Gasteiger partial charge on any atom is 0.373 e. The number of amides is 1. The molecule has 4 N–H and O–H groups in total. The molecule has 0 spiro atoms. The van der Waals surface area contributed by atoms with Gasteiger partial charge in [-0.05, 0) is 11.6 Å². The van der Waals surface area contributed by atoms with Crippen LogP contribution in [-0.4, -0.2) is 77.0 Å². The fraction of sp³-hybridized carbons (Fsp3) is 0.500. The lowest BCUT2D eigenvalue weighted by molar-refractivity contribution is -0.158. The van der Waals surface area contributed by atoms with Gasteiger partial charge in [0.05, 0.1) is 25.9 Å². The van der Waals surface area contributed by atoms with Crippen LogP contribution >= 0.6 is 0 Å². The molecule has 1 saturated carbocycles. The molecule has 33 heavy (non-hydrogen) atoms. The van der Waals surface area contributed by atoms with Crippen molar-refractivity contribution >= 4 is 18.0 Å². The molecular formula is C24H31NO8. The Hall–Kier alpha value is -2.72. The van der Waals surface area contributed by atoms with Gasteiger partial charge in [0.15, 0.2) is 6.10 Å². The van der Waals surface area contributed by atoms with Gasteiger partial charge in [0.1, 0.15) is 17.8 Å². The van der Waals surface area contributed by atoms with Crippen molar-refractivity contribution in [2.24, 2.45) is 5.41 Å². The summed E-state index contributed by atoms with van der Waals surface area (Å²) in [6, 6.07) is 8.61. The summed E-state index contributed by atoms with van der Waals surface area (Å²) in [4.78, 5) is 24.1. The average Bonchev–Trinajstić information content (AvgIpc) is 3.20. The minimum absolute atomic E-state index is 0.127. The minimum atomic E-state index is -1.90. The van der Waals surface area contributed by atoms with Crippen molar-refractivity contribution in [3.63, 3.8) is 0 Å². The van der Waals surface area contributed by atoms with Crippen molar-refractivity contribution in [1.29, 1.82) is 0 Å². The van der Waals surface area contributed by atoms with Crippen LogP contribution in [0.4, 0.5) is 0 Å². The molecule has 0 radical (unpaired) electrons. The van der Waals surface area contributed by atoms with Gasteiger partial charge in [0.2, 0.25) is 11.7 Å². The zero-order valence-corrected chi connectivity index (χ0v) is 19.1. The molecule has 2 aliphatic rings. The quantitative estimate of drug-likeness (QED) is 0.412. The summed E-state index contributed by atoms with van der Waals surface area (Å²) in [7, 11) is 1.18. The van der Waals surface area contributed by atoms with Gasteiger partial charge in [-0.15, -0.1) is 0 Å². The van der Waals surface area contributed by atoms with E-state index in [4.69, 9.17) is 14.2 Å². The zero-order valence-electron chi connectivity index (χ0n) is 19.1. The maximum atomic E-state index is 12.2. The number of hydrogen-bond acceptors (Lipinski definition) is 8. The van der Waals surface area contributed by atoms with Crippen LogP contribution < -0.4 is 5.32 Å². The number of rotatable bonds is 8. The number of aliphatic hydroxyl groups is 3. The van der Waals surface area contributed by atoms with Crippen LogP contribution in [0.5, 0.6) is 0 Å². The van der Waals surface area contributed by atoms with E-state index < -0.39 is 53.4 Å². The van der Waals surface area contributed by atoms with Crippen LogP contribution in [0.15, 0.2) is 48.2 Å². The van der Waals surface area contributed by atoms with Gasteiger partial charge in [-0.1, -0.05) is 56.3 Å². The highest BCUT2D eigenvalue weighted by Crippen LogP contribution is 2.58. The predicted octanol–water partition coefficient (Wildman–Crippen LogP) is 0.538. The van der Waals surface area contributed by atoms with E-state index in [1.807, 2.05) is 36.4 Å². The van der Waals surface area contributed by atoms with Crippen LogP contribution in [0, 0.1) is 5.41 Å². The molecule has 0 aromatic heterocycles. The van der Waals surface area contributed by atoms with E-state index in [9.17, 15) is 24.9 Å². The van der Waals surface area contributed by atoms with Crippen LogP contribution in [0.1, 0.15) is 26.3 Å². The third kappa shape index (κ3) is 4.81. The van der Waals surface area contributed by atoms with Gasteiger partial charge in [-0.3, -0.25) is 4.79 Å². The number of hydrogen-bond donors (Lipinski definition) is 4. The molecular weight excluding hydrogens is 430 g/mol. The minimum Gasteiger partial charge on any atom is -0.478 e. The van der Waals surface area contributed by atoms with Crippen molar-refractivity contribution in [2.75, 3.05) is 13.7 Å². The summed E-state index contributed by atoms with van der Waals surface area (Å²) in [6.07, 6.45) is -0.0493. The number of carbonyl (C=O) groups is 2. The Morgan fingerprint density at radius 3 is 2.45 bits per heavy atom. The number of nitrogens with one attached hydrogen (secondary N) is 1. The van der Waals surface area contributed by atoms with Crippen molar-refractivity contribution in [3.05, 3.63) is 53.8 Å². The highest BCUT2D eigenvalue weighted by Gasteiger charge is 2.76. The van der Waals surface area contributed by atoms with E-state index in [0.717, 1.165) is 5.56 Å². The fourth-order valence-corrected chi connectivity index (χ4v) is 4.18. The first-order chi connectivity index (χ1) is 15.5. The predicted molar refractivity (Wildman–Crippen MR) is 119 cm³/mol. The number of esters is 1. The molecule has 1 aromatic carbocycles. The second-order valence-electron chi connectivity index (χ2n) is 8.84. The lowest BCUT2D eigenvalue weighted by Crippen LogP contribution is -2.61. The van der Waals surface area contributed by atoms with E-state index in [1.54, 1.807) is 19.9 Å². The van der Waals surface area contributed by atoms with E-state index in [2.05, 4.69) is 5.32 Å². The normalized spacial score (nSPS) is 31.3. The molecule has 1 aliphatic heterocycles. The summed E-state index contributed by atoms with van der Waals surface area (Å²) >= 11 is 0. The molecule has 1 amide bonds. The SMILES string of the molecule is COC(=O)C1=C[C@H](OC/C=C/c2ccccc2)[C@@H](NC(C)=O)[C@H]([C@H](O)[C@]2(O)C(O)C2(C)C)O1. The van der Waals surface area contributed by atoms with Gasteiger partial charge in [-0.25, -0.2) is 4.79 Å². The van der Waals surface area contributed by atoms with Crippen molar-refractivity contribution in [2.45, 2.75) is 56.8 Å². The summed E-state index contributed by atoms with van der Waals surface area (Å²) in [5.74, 6) is -1.45. The highest BCUT2D eigenvalue weighted by atomic mass is 16.6. The molecule has 0 saturated heterocycles. The molecule has 1 unspecified atom stereocenters. The van der Waals surface area contributed by atoms with Crippen molar-refractivity contribution < 1.29 is 39.1 Å². The van der Waals surface area contributed by atoms with Gasteiger partial charge in [0, 0.05) is 12.3 Å². The van der Waals surface area contributed by atoms with Gasteiger partial charge >= 0.3 is 5.97 Å². The Morgan fingerprint density at radius 2 is 1.91 bits per heavy atom. The van der Waals surface area contributed by atoms with Gasteiger partial charge in [-0.2, -0.15) is 0 Å². The maximum absolute atomic E-state index is 12.2. The van der Waals surface area contributed by atoms with Crippen LogP contribution in [0.3, 0.4) is 0 Å². The zero-order chi connectivity index (χ0) is 24.4. The molecule has 9 nitrogen and oxygen atoms in total. The topological polar surface area (TPSA) is 135 Å². The second kappa shape index (κ2) is 9.64. The van der Waals surface area contributed by atoms with Gasteiger partial charge in [0.25, 0.3) is 0 Å². The first-order valence-corrected chi connectivity index (χ1v) is 10.7. The van der Waals surface area contributed by atoms with E-state index in [0.29, 0.717) is 0 Å². The Bertz CT molecular complexity index is 928. The monoisotopic (exact) mass is 461 g/mol. The largest absolute Gasteiger partial charge is 0.478 e. The number of carbonyl (C=O) groups excluding carboxylic acids is 2. The second-order valence-corrected chi connectivity index (χ2v) is 8.84. The third-order valence-electron chi connectivity index (χ3n) is 6.35. The molecule has 1 fully saturated rings. The average molecular weight is 462 g/mol. The standard InChI is InChI=1S/C24H31NO8/c1-14(26)25-18-16(32-12-8-11-15-9-6-5-7-10-15)13-17(21(28)31-4)33-19(18)20(27)24(30)22(29)23(24,2)3/h5-11,13,16,18-20,22,27,29-30H,12H2,1-4H3,(H,25,26)/b11-8+/t16-,18+,19+,20-,22?,24-/m0/s1. The Labute approximate surface area is 192 Å². The number of aliphatic hydroxyl groups excluding tert-OH is 2. The molecule has 0 bridgehead atoms. The van der Waals surface area contributed by atoms with Crippen LogP contribution in [0.2, 0.25) is 0 Å². The fourth-order valence-electron chi connectivity index (χ4n) is 4.18. The molecule has 180 valence electrons. The summed E-state index contributed by atoms with van der Waals surface area (Å²) in [5, 5.41) is 34.9. The lowest BCUT2D eigenvalue weighted by atomic mass is 9.89. The van der Waals surface area contributed by atoms with Gasteiger partial charge < -0.3 is 34.8 Å². The summed E-state index contributed by atoms with van der Waals surface area (Å²) in [5.41, 5.74) is -1.94. The number of benzene rings is 1. The Morgan fingerprint density at radius 1 is 1.27 bits per heavy atom. The first-order valence-electron chi connectivity index (χ1n) is 10.7. The summed E-state index contributed by atoms with van der Waals surface area (Å²) in [6.45, 7) is 4.61. The summed E-state index contributed by atoms with van der Waals surface area (Å²) < 4.78 is 16.3. The Kier molecular flexibility index (Phi) is 7.28.